The number of aromatic amines is 1. The van der Waals surface area contributed by atoms with Crippen LogP contribution in [-0.2, 0) is 23.1 Å². The fourth-order valence-electron chi connectivity index (χ4n) is 4.19. The quantitative estimate of drug-likeness (QED) is 0.747. The molecule has 1 aliphatic carbocycles. The van der Waals surface area contributed by atoms with Gasteiger partial charge in [-0.15, -0.1) is 0 Å². The van der Waals surface area contributed by atoms with Crippen molar-refractivity contribution in [2.45, 2.75) is 50.7 Å². The number of aromatic nitrogens is 4. The molecule has 2 aromatic rings. The molecule has 0 bridgehead atoms. The highest BCUT2D eigenvalue weighted by Gasteiger charge is 2.31. The van der Waals surface area contributed by atoms with Gasteiger partial charge >= 0.3 is 6.09 Å². The lowest BCUT2D eigenvalue weighted by atomic mass is 10.0. The van der Waals surface area contributed by atoms with Gasteiger partial charge in [0.1, 0.15) is 11.8 Å². The van der Waals surface area contributed by atoms with E-state index >= 15 is 0 Å². The van der Waals surface area contributed by atoms with Crippen molar-refractivity contribution in [2.75, 3.05) is 25.5 Å². The van der Waals surface area contributed by atoms with Crippen molar-refractivity contribution in [3.63, 3.8) is 0 Å². The predicted octanol–water partition coefficient (Wildman–Crippen LogP) is 2.41. The van der Waals surface area contributed by atoms with E-state index < -0.39 is 0 Å². The van der Waals surface area contributed by atoms with E-state index in [1.807, 2.05) is 6.07 Å². The molecule has 4 rings (SSSR count). The SMILES string of the molecule is COCc1cc(C(=O)Nc2cc([C@H]3CC[C@@H](OC(=O)N4CCCC4)C3)[nH]n2)n(C)n1. The summed E-state index contributed by atoms with van der Waals surface area (Å²) in [4.78, 5) is 26.5. The number of H-pyrrole nitrogens is 1. The second kappa shape index (κ2) is 8.86. The molecule has 0 aromatic carbocycles. The normalized spacial score (nSPS) is 21.2. The highest BCUT2D eigenvalue weighted by atomic mass is 16.6. The third kappa shape index (κ3) is 4.48. The lowest BCUT2D eigenvalue weighted by Gasteiger charge is -2.19. The zero-order chi connectivity index (χ0) is 21.1. The lowest BCUT2D eigenvalue weighted by Crippen LogP contribution is -2.31. The minimum absolute atomic E-state index is 0.0712. The molecule has 2 N–H and O–H groups in total. The van der Waals surface area contributed by atoms with Crippen LogP contribution in [-0.4, -0.2) is 63.2 Å². The minimum atomic E-state index is -0.283. The molecule has 1 saturated heterocycles. The third-order valence-corrected chi connectivity index (χ3v) is 5.75. The highest BCUT2D eigenvalue weighted by Crippen LogP contribution is 2.36. The second-order valence-electron chi connectivity index (χ2n) is 7.95. The van der Waals surface area contributed by atoms with Gasteiger partial charge in [-0.3, -0.25) is 14.6 Å². The largest absolute Gasteiger partial charge is 0.446 e. The summed E-state index contributed by atoms with van der Waals surface area (Å²) in [5.41, 5.74) is 2.06. The van der Waals surface area contributed by atoms with Gasteiger partial charge in [0.2, 0.25) is 0 Å². The molecule has 10 nitrogen and oxygen atoms in total. The molecule has 0 radical (unpaired) electrons. The van der Waals surface area contributed by atoms with Crippen LogP contribution in [0.25, 0.3) is 0 Å². The number of hydrogen-bond acceptors (Lipinski definition) is 6. The van der Waals surface area contributed by atoms with Crippen LogP contribution in [0.5, 0.6) is 0 Å². The fourth-order valence-corrected chi connectivity index (χ4v) is 4.19. The number of amides is 2. The van der Waals surface area contributed by atoms with E-state index in [4.69, 9.17) is 9.47 Å². The number of carbonyl (C=O) groups is 2. The Morgan fingerprint density at radius 1 is 1.27 bits per heavy atom. The molecule has 1 saturated carbocycles. The average Bonchev–Trinajstić information content (AvgIpc) is 3.49. The number of ether oxygens (including phenoxy) is 2. The van der Waals surface area contributed by atoms with Crippen LogP contribution in [0.15, 0.2) is 12.1 Å². The van der Waals surface area contributed by atoms with E-state index in [1.165, 1.54) is 4.68 Å². The van der Waals surface area contributed by atoms with E-state index in [0.29, 0.717) is 23.8 Å². The first-order chi connectivity index (χ1) is 14.5. The molecule has 10 heteroatoms. The summed E-state index contributed by atoms with van der Waals surface area (Å²) in [6.45, 7) is 1.93. The molecule has 2 aliphatic rings. The number of aryl methyl sites for hydroxylation is 1. The maximum Gasteiger partial charge on any atom is 0.410 e. The summed E-state index contributed by atoms with van der Waals surface area (Å²) < 4.78 is 12.3. The van der Waals surface area contributed by atoms with Crippen LogP contribution in [0.4, 0.5) is 10.6 Å². The molecular weight excluding hydrogens is 388 g/mol. The summed E-state index contributed by atoms with van der Waals surface area (Å²) in [6.07, 6.45) is 4.35. The molecule has 0 spiro atoms. The molecule has 2 atom stereocenters. The van der Waals surface area contributed by atoms with Gasteiger partial charge in [0.05, 0.1) is 12.3 Å². The van der Waals surface area contributed by atoms with Crippen LogP contribution < -0.4 is 5.32 Å². The van der Waals surface area contributed by atoms with Gasteiger partial charge in [0, 0.05) is 44.9 Å². The van der Waals surface area contributed by atoms with Crippen LogP contribution >= 0.6 is 0 Å². The Kier molecular flexibility index (Phi) is 6.03. The monoisotopic (exact) mass is 416 g/mol. The summed E-state index contributed by atoms with van der Waals surface area (Å²) in [7, 11) is 3.30. The van der Waals surface area contributed by atoms with E-state index in [2.05, 4.69) is 20.6 Å². The van der Waals surface area contributed by atoms with Crippen molar-refractivity contribution in [1.29, 1.82) is 0 Å². The maximum atomic E-state index is 12.6. The number of rotatable bonds is 6. The van der Waals surface area contributed by atoms with E-state index in [0.717, 1.165) is 50.9 Å². The van der Waals surface area contributed by atoms with E-state index in [1.54, 1.807) is 25.1 Å². The van der Waals surface area contributed by atoms with Gasteiger partial charge in [0.15, 0.2) is 5.82 Å². The Morgan fingerprint density at radius 3 is 2.83 bits per heavy atom. The number of hydrogen-bond donors (Lipinski definition) is 2. The average molecular weight is 416 g/mol. The standard InChI is InChI=1S/C20H28N6O4/c1-25-17(10-14(24-25)12-29-2)19(27)21-18-11-16(22-23-18)13-5-6-15(9-13)30-20(28)26-7-3-4-8-26/h10-11,13,15H,3-9,12H2,1-2H3,(H2,21,22,23,27)/t13-,15+/m0/s1. The molecule has 162 valence electrons. The number of nitrogens with one attached hydrogen (secondary N) is 2. The predicted molar refractivity (Wildman–Crippen MR) is 108 cm³/mol. The first-order valence-corrected chi connectivity index (χ1v) is 10.4. The molecule has 0 unspecified atom stereocenters. The molecule has 2 amide bonds. The van der Waals surface area contributed by atoms with Gasteiger partial charge in [-0.05, 0) is 38.2 Å². The molecule has 2 aromatic heterocycles. The van der Waals surface area contributed by atoms with Crippen LogP contribution in [0.1, 0.15) is 59.9 Å². The summed E-state index contributed by atoms with van der Waals surface area (Å²) >= 11 is 0. The molecule has 3 heterocycles. The first kappa shape index (κ1) is 20.4. The molecular formula is C20H28N6O4. The van der Waals surface area contributed by atoms with Crippen molar-refractivity contribution in [3.05, 3.63) is 29.2 Å². The number of methoxy groups -OCH3 is 1. The summed E-state index contributed by atoms with van der Waals surface area (Å²) in [6, 6.07) is 3.54. The Balaban J connectivity index is 1.32. The van der Waals surface area contributed by atoms with Crippen molar-refractivity contribution in [1.82, 2.24) is 24.9 Å². The smallest absolute Gasteiger partial charge is 0.410 e. The molecule has 2 fully saturated rings. The van der Waals surface area contributed by atoms with Crippen LogP contribution in [0.2, 0.25) is 0 Å². The second-order valence-corrected chi connectivity index (χ2v) is 7.95. The fraction of sp³-hybridized carbons (Fsp3) is 0.600. The Morgan fingerprint density at radius 2 is 2.07 bits per heavy atom. The van der Waals surface area contributed by atoms with E-state index in [-0.39, 0.29) is 24.0 Å². The van der Waals surface area contributed by atoms with Crippen molar-refractivity contribution >= 4 is 17.8 Å². The Labute approximate surface area is 174 Å². The van der Waals surface area contributed by atoms with Gasteiger partial charge < -0.3 is 19.7 Å². The Hall–Kier alpha value is -2.88. The number of anilines is 1. The first-order valence-electron chi connectivity index (χ1n) is 10.4. The van der Waals surface area contributed by atoms with Gasteiger partial charge in [-0.2, -0.15) is 10.2 Å². The number of likely N-dealkylation sites (tertiary alicyclic amines) is 1. The maximum absolute atomic E-state index is 12.6. The molecule has 30 heavy (non-hydrogen) atoms. The highest BCUT2D eigenvalue weighted by molar-refractivity contribution is 6.02. The zero-order valence-electron chi connectivity index (χ0n) is 17.4. The van der Waals surface area contributed by atoms with Gasteiger partial charge in [-0.1, -0.05) is 0 Å². The summed E-state index contributed by atoms with van der Waals surface area (Å²) in [5.74, 6) is 0.404. The number of nitrogens with zero attached hydrogens (tertiary/aromatic N) is 4. The van der Waals surface area contributed by atoms with Crippen molar-refractivity contribution < 1.29 is 19.1 Å². The van der Waals surface area contributed by atoms with Crippen LogP contribution in [0.3, 0.4) is 0 Å². The minimum Gasteiger partial charge on any atom is -0.446 e. The van der Waals surface area contributed by atoms with Crippen molar-refractivity contribution in [2.24, 2.45) is 7.05 Å². The van der Waals surface area contributed by atoms with Gasteiger partial charge in [0.25, 0.3) is 5.91 Å². The molecule has 1 aliphatic heterocycles. The summed E-state index contributed by atoms with van der Waals surface area (Å²) in [5, 5.41) is 14.3. The lowest BCUT2D eigenvalue weighted by molar-refractivity contribution is 0.0708. The van der Waals surface area contributed by atoms with Gasteiger partial charge in [-0.25, -0.2) is 4.79 Å². The van der Waals surface area contributed by atoms with Crippen LogP contribution in [0, 0.1) is 0 Å². The van der Waals surface area contributed by atoms with Crippen molar-refractivity contribution in [3.8, 4) is 0 Å². The third-order valence-electron chi connectivity index (χ3n) is 5.75. The van der Waals surface area contributed by atoms with E-state index in [9.17, 15) is 9.59 Å². The zero-order valence-corrected chi connectivity index (χ0v) is 17.4. The Bertz CT molecular complexity index is 901. The topological polar surface area (TPSA) is 114 Å². The number of carbonyl (C=O) groups excluding carboxylic acids is 2.